The molecule has 0 unspecified atom stereocenters. The molecule has 0 aliphatic heterocycles. The van der Waals surface area contributed by atoms with Gasteiger partial charge in [0.2, 0.25) is 0 Å². The zero-order chi connectivity index (χ0) is 12.5. The summed E-state index contributed by atoms with van der Waals surface area (Å²) in [4.78, 5) is 0. The first kappa shape index (κ1) is 14.5. The molecule has 96 valence electrons. The highest BCUT2D eigenvalue weighted by Gasteiger charge is 1.94. The van der Waals surface area contributed by atoms with Crippen LogP contribution < -0.4 is 10.6 Å². The smallest absolute Gasteiger partial charge is 0.0406 e. The van der Waals surface area contributed by atoms with Crippen molar-refractivity contribution in [2.24, 2.45) is 5.92 Å². The zero-order valence-electron chi connectivity index (χ0n) is 10.8. The molecule has 17 heavy (non-hydrogen) atoms. The molecule has 2 N–H and O–H groups in total. The zero-order valence-corrected chi connectivity index (χ0v) is 11.6. The minimum atomic E-state index is 0.733. The van der Waals surface area contributed by atoms with Crippen LogP contribution in [0.1, 0.15) is 25.8 Å². The van der Waals surface area contributed by atoms with Gasteiger partial charge in [-0.1, -0.05) is 37.6 Å². The largest absolute Gasteiger partial charge is 0.316 e. The van der Waals surface area contributed by atoms with Gasteiger partial charge in [-0.2, -0.15) is 0 Å². The number of nitrogens with one attached hydrogen (secondary N) is 2. The highest BCUT2D eigenvalue weighted by molar-refractivity contribution is 6.30. The minimum absolute atomic E-state index is 0.733. The lowest BCUT2D eigenvalue weighted by Gasteiger charge is -2.08. The Morgan fingerprint density at radius 3 is 2.35 bits per heavy atom. The van der Waals surface area contributed by atoms with Gasteiger partial charge in [-0.25, -0.2) is 0 Å². The molecule has 0 aliphatic rings. The number of rotatable bonds is 8. The van der Waals surface area contributed by atoms with Crippen LogP contribution in [0.3, 0.4) is 0 Å². The van der Waals surface area contributed by atoms with Gasteiger partial charge in [0.15, 0.2) is 0 Å². The quantitative estimate of drug-likeness (QED) is 0.697. The molecule has 0 atom stereocenters. The summed E-state index contributed by atoms with van der Waals surface area (Å²) >= 11 is 5.83. The molecule has 0 heterocycles. The molecular weight excluding hydrogens is 232 g/mol. The van der Waals surface area contributed by atoms with Crippen molar-refractivity contribution in [1.82, 2.24) is 10.6 Å². The fourth-order valence-corrected chi connectivity index (χ4v) is 1.69. The van der Waals surface area contributed by atoms with Gasteiger partial charge < -0.3 is 10.6 Å². The third-order valence-corrected chi connectivity index (χ3v) is 2.75. The molecule has 0 amide bonds. The Morgan fingerprint density at radius 2 is 1.71 bits per heavy atom. The van der Waals surface area contributed by atoms with Crippen LogP contribution in [-0.2, 0) is 6.54 Å². The van der Waals surface area contributed by atoms with E-state index in [9.17, 15) is 0 Å². The Labute approximate surface area is 110 Å². The summed E-state index contributed by atoms with van der Waals surface area (Å²) in [5.74, 6) is 0.733. The second-order valence-electron chi connectivity index (χ2n) is 4.75. The molecule has 0 radical (unpaired) electrons. The van der Waals surface area contributed by atoms with Crippen LogP contribution in [-0.4, -0.2) is 19.6 Å². The van der Waals surface area contributed by atoms with Crippen molar-refractivity contribution in [3.8, 4) is 0 Å². The highest BCUT2D eigenvalue weighted by atomic mass is 35.5. The number of halogens is 1. The number of benzene rings is 1. The van der Waals surface area contributed by atoms with Crippen molar-refractivity contribution < 1.29 is 0 Å². The van der Waals surface area contributed by atoms with Gasteiger partial charge in [0.05, 0.1) is 0 Å². The number of hydrogen-bond acceptors (Lipinski definition) is 2. The maximum absolute atomic E-state index is 5.83. The van der Waals surface area contributed by atoms with Crippen LogP contribution in [0, 0.1) is 5.92 Å². The Morgan fingerprint density at radius 1 is 1.06 bits per heavy atom. The van der Waals surface area contributed by atoms with Crippen molar-refractivity contribution >= 4 is 11.6 Å². The second kappa shape index (κ2) is 8.51. The van der Waals surface area contributed by atoms with Gasteiger partial charge in [0.1, 0.15) is 0 Å². The van der Waals surface area contributed by atoms with Crippen molar-refractivity contribution in [1.29, 1.82) is 0 Å². The molecular formula is C14H23ClN2. The molecule has 0 aliphatic carbocycles. The van der Waals surface area contributed by atoms with Crippen LogP contribution in [0.2, 0.25) is 5.02 Å². The van der Waals surface area contributed by atoms with E-state index in [1.807, 2.05) is 12.1 Å². The van der Waals surface area contributed by atoms with Gasteiger partial charge >= 0.3 is 0 Å². The van der Waals surface area contributed by atoms with Gasteiger partial charge in [-0.15, -0.1) is 0 Å². The van der Waals surface area contributed by atoms with Crippen LogP contribution in [0.25, 0.3) is 0 Å². The monoisotopic (exact) mass is 254 g/mol. The van der Waals surface area contributed by atoms with Crippen molar-refractivity contribution in [2.75, 3.05) is 19.6 Å². The number of hydrogen-bond donors (Lipinski definition) is 2. The molecule has 1 rings (SSSR count). The first-order valence-electron chi connectivity index (χ1n) is 6.34. The molecule has 0 aromatic heterocycles. The molecule has 0 fully saturated rings. The third kappa shape index (κ3) is 7.37. The van der Waals surface area contributed by atoms with E-state index < -0.39 is 0 Å². The summed E-state index contributed by atoms with van der Waals surface area (Å²) in [6, 6.07) is 7.99. The molecule has 2 nitrogen and oxygen atoms in total. The average molecular weight is 255 g/mol. The fraction of sp³-hybridized carbons (Fsp3) is 0.571. The molecule has 0 saturated carbocycles. The maximum Gasteiger partial charge on any atom is 0.0406 e. The predicted octanol–water partition coefficient (Wildman–Crippen LogP) is 3.07. The SMILES string of the molecule is CC(C)CNCCCNCc1ccc(Cl)cc1. The van der Waals surface area contributed by atoms with Gasteiger partial charge in [0, 0.05) is 11.6 Å². The minimum Gasteiger partial charge on any atom is -0.316 e. The molecule has 0 bridgehead atoms. The van der Waals surface area contributed by atoms with E-state index in [2.05, 4.69) is 36.6 Å². The van der Waals surface area contributed by atoms with Crippen molar-refractivity contribution in [3.05, 3.63) is 34.9 Å². The van der Waals surface area contributed by atoms with E-state index in [0.29, 0.717) is 0 Å². The molecule has 0 spiro atoms. The van der Waals surface area contributed by atoms with E-state index in [1.165, 1.54) is 12.0 Å². The Balaban J connectivity index is 1.99. The summed E-state index contributed by atoms with van der Waals surface area (Å²) in [7, 11) is 0. The fourth-order valence-electron chi connectivity index (χ4n) is 1.56. The van der Waals surface area contributed by atoms with Gasteiger partial charge in [-0.3, -0.25) is 0 Å². The van der Waals surface area contributed by atoms with E-state index in [-0.39, 0.29) is 0 Å². The summed E-state index contributed by atoms with van der Waals surface area (Å²) in [5.41, 5.74) is 1.28. The molecule has 0 saturated heterocycles. The van der Waals surface area contributed by atoms with E-state index in [1.54, 1.807) is 0 Å². The van der Waals surface area contributed by atoms with Gasteiger partial charge in [-0.05, 0) is 49.7 Å². The first-order valence-corrected chi connectivity index (χ1v) is 6.72. The Bertz CT molecular complexity index is 296. The average Bonchev–Trinajstić information content (AvgIpc) is 2.30. The molecule has 3 heteroatoms. The van der Waals surface area contributed by atoms with Crippen molar-refractivity contribution in [3.63, 3.8) is 0 Å². The first-order chi connectivity index (χ1) is 8.18. The summed E-state index contributed by atoms with van der Waals surface area (Å²) in [5, 5.41) is 7.66. The molecule has 1 aromatic carbocycles. The van der Waals surface area contributed by atoms with Crippen LogP contribution in [0.15, 0.2) is 24.3 Å². The van der Waals surface area contributed by atoms with E-state index in [0.717, 1.165) is 37.1 Å². The highest BCUT2D eigenvalue weighted by Crippen LogP contribution is 2.08. The summed E-state index contributed by atoms with van der Waals surface area (Å²) in [6.07, 6.45) is 1.17. The topological polar surface area (TPSA) is 24.1 Å². The Kier molecular flexibility index (Phi) is 7.25. The standard InChI is InChI=1S/C14H23ClN2/c1-12(2)10-16-8-3-9-17-11-13-4-6-14(15)7-5-13/h4-7,12,16-17H,3,8-11H2,1-2H3. The Hall–Kier alpha value is -0.570. The van der Waals surface area contributed by atoms with E-state index >= 15 is 0 Å². The third-order valence-electron chi connectivity index (χ3n) is 2.50. The normalized spacial score (nSPS) is 11.1. The van der Waals surface area contributed by atoms with Crippen LogP contribution in [0.5, 0.6) is 0 Å². The lowest BCUT2D eigenvalue weighted by atomic mass is 10.2. The predicted molar refractivity (Wildman–Crippen MR) is 75.5 cm³/mol. The van der Waals surface area contributed by atoms with Crippen LogP contribution in [0.4, 0.5) is 0 Å². The van der Waals surface area contributed by atoms with Crippen molar-refractivity contribution in [2.45, 2.75) is 26.8 Å². The van der Waals surface area contributed by atoms with Crippen LogP contribution >= 0.6 is 11.6 Å². The summed E-state index contributed by atoms with van der Waals surface area (Å²) < 4.78 is 0. The maximum atomic E-state index is 5.83. The van der Waals surface area contributed by atoms with E-state index in [4.69, 9.17) is 11.6 Å². The van der Waals surface area contributed by atoms with Gasteiger partial charge in [0.25, 0.3) is 0 Å². The second-order valence-corrected chi connectivity index (χ2v) is 5.19. The lowest BCUT2D eigenvalue weighted by Crippen LogP contribution is -2.24. The lowest BCUT2D eigenvalue weighted by molar-refractivity contribution is 0.530. The summed E-state index contributed by atoms with van der Waals surface area (Å²) in [6.45, 7) is 8.62. The molecule has 1 aromatic rings.